The predicted octanol–water partition coefficient (Wildman–Crippen LogP) is 1.83. The van der Waals surface area contributed by atoms with Gasteiger partial charge in [0.15, 0.2) is 6.04 Å². The summed E-state index contributed by atoms with van der Waals surface area (Å²) in [5.41, 5.74) is -1.67. The second-order valence-corrected chi connectivity index (χ2v) is 5.90. The monoisotopic (exact) mass is 259 g/mol. The minimum absolute atomic E-state index is 0.579. The van der Waals surface area contributed by atoms with Crippen LogP contribution in [0, 0.1) is 0 Å². The molecule has 1 aliphatic heterocycles. The molecule has 1 amide bonds. The Labute approximate surface area is 107 Å². The average molecular weight is 259 g/mol. The summed E-state index contributed by atoms with van der Waals surface area (Å²) in [5.74, 6) is -1.10. The van der Waals surface area contributed by atoms with Gasteiger partial charge in [-0.2, -0.15) is 0 Å². The van der Waals surface area contributed by atoms with Crippen LogP contribution in [-0.2, 0) is 14.3 Å². The Morgan fingerprint density at radius 1 is 1.33 bits per heavy atom. The van der Waals surface area contributed by atoms with Crippen molar-refractivity contribution < 1.29 is 24.2 Å². The van der Waals surface area contributed by atoms with Crippen LogP contribution in [0.2, 0.25) is 0 Å². The lowest BCUT2D eigenvalue weighted by Gasteiger charge is -2.33. The van der Waals surface area contributed by atoms with Crippen LogP contribution in [-0.4, -0.2) is 45.5 Å². The number of hydrogen-bond donors (Lipinski definition) is 1. The van der Waals surface area contributed by atoms with Crippen LogP contribution in [0.1, 0.15) is 41.5 Å². The summed E-state index contributed by atoms with van der Waals surface area (Å²) in [6, 6.07) is -1.03. The number of aliphatic carboxylic acids is 1. The van der Waals surface area contributed by atoms with Crippen LogP contribution in [0.15, 0.2) is 0 Å². The van der Waals surface area contributed by atoms with Crippen LogP contribution < -0.4 is 0 Å². The fraction of sp³-hybridized carbons (Fsp3) is 0.833. The number of carboxylic acids is 1. The molecule has 0 radical (unpaired) electrons. The maximum absolute atomic E-state index is 12.1. The molecule has 0 saturated carbocycles. The normalized spacial score (nSPS) is 27.1. The lowest BCUT2D eigenvalue weighted by molar-refractivity contribution is -0.143. The maximum Gasteiger partial charge on any atom is 0.413 e. The van der Waals surface area contributed by atoms with Crippen molar-refractivity contribution in [2.45, 2.75) is 65.0 Å². The van der Waals surface area contributed by atoms with Crippen molar-refractivity contribution in [3.63, 3.8) is 0 Å². The summed E-state index contributed by atoms with van der Waals surface area (Å²) in [4.78, 5) is 24.5. The number of carbonyl (C=O) groups is 2. The van der Waals surface area contributed by atoms with Crippen molar-refractivity contribution in [3.8, 4) is 0 Å². The third-order valence-corrected chi connectivity index (χ3v) is 2.62. The molecule has 1 fully saturated rings. The zero-order valence-corrected chi connectivity index (χ0v) is 11.7. The number of hydrogen-bond acceptors (Lipinski definition) is 4. The lowest BCUT2D eigenvalue weighted by atomic mass is 10.1. The topological polar surface area (TPSA) is 76.1 Å². The maximum atomic E-state index is 12.1. The van der Waals surface area contributed by atoms with Gasteiger partial charge in [0, 0.05) is 0 Å². The van der Waals surface area contributed by atoms with Crippen molar-refractivity contribution in [1.29, 1.82) is 0 Å². The van der Waals surface area contributed by atoms with Gasteiger partial charge in [0.2, 0.25) is 0 Å². The fourth-order valence-electron chi connectivity index (χ4n) is 2.08. The van der Waals surface area contributed by atoms with E-state index in [1.165, 1.54) is 0 Å². The molecule has 1 unspecified atom stereocenters. The Hall–Kier alpha value is -1.30. The smallest absolute Gasteiger partial charge is 0.413 e. The Kier molecular flexibility index (Phi) is 3.63. The summed E-state index contributed by atoms with van der Waals surface area (Å²) in [6.07, 6.45) is -1.26. The highest BCUT2D eigenvalue weighted by atomic mass is 16.6. The van der Waals surface area contributed by atoms with Gasteiger partial charge < -0.3 is 14.6 Å². The molecule has 2 atom stereocenters. The number of carboxylic acid groups (broad SMARTS) is 1. The van der Waals surface area contributed by atoms with Gasteiger partial charge in [0.05, 0.1) is 6.10 Å². The molecule has 0 aromatic carbocycles. The third kappa shape index (κ3) is 2.93. The molecule has 0 aromatic rings. The lowest BCUT2D eigenvalue weighted by Crippen LogP contribution is -2.52. The average Bonchev–Trinajstić information content (AvgIpc) is 2.31. The Morgan fingerprint density at radius 2 is 1.83 bits per heavy atom. The molecule has 1 rings (SSSR count). The molecule has 1 N–H and O–H groups in total. The van der Waals surface area contributed by atoms with Gasteiger partial charge >= 0.3 is 12.1 Å². The van der Waals surface area contributed by atoms with E-state index in [9.17, 15) is 14.7 Å². The molecule has 6 heteroatoms. The number of carbonyl (C=O) groups excluding carboxylic acids is 1. The second-order valence-electron chi connectivity index (χ2n) is 5.90. The SMILES string of the molecule is C[C@H]1OC(C)(C)N(C(=O)OC(C)(C)C)C1C(=O)O. The van der Waals surface area contributed by atoms with E-state index in [4.69, 9.17) is 9.47 Å². The Morgan fingerprint density at radius 3 is 2.22 bits per heavy atom. The van der Waals surface area contributed by atoms with Gasteiger partial charge in [-0.3, -0.25) is 4.90 Å². The predicted molar refractivity (Wildman–Crippen MR) is 64.1 cm³/mol. The fourth-order valence-corrected chi connectivity index (χ4v) is 2.08. The molecule has 104 valence electrons. The first-order chi connectivity index (χ1) is 7.96. The summed E-state index contributed by atoms with van der Waals surface area (Å²) in [5, 5.41) is 9.20. The molecule has 1 heterocycles. The minimum Gasteiger partial charge on any atom is -0.480 e. The van der Waals surface area contributed by atoms with E-state index in [1.54, 1.807) is 41.5 Å². The van der Waals surface area contributed by atoms with Gasteiger partial charge in [-0.1, -0.05) is 0 Å². The molecular weight excluding hydrogens is 238 g/mol. The highest BCUT2D eigenvalue weighted by Gasteiger charge is 2.52. The summed E-state index contributed by atoms with van der Waals surface area (Å²) in [6.45, 7) is 10.1. The molecule has 0 bridgehead atoms. The minimum atomic E-state index is -1.10. The molecule has 0 aliphatic carbocycles. The van der Waals surface area contributed by atoms with Crippen molar-refractivity contribution in [2.75, 3.05) is 0 Å². The highest BCUT2D eigenvalue weighted by Crippen LogP contribution is 2.33. The molecule has 1 saturated heterocycles. The number of rotatable bonds is 1. The van der Waals surface area contributed by atoms with Crippen molar-refractivity contribution in [1.82, 2.24) is 4.90 Å². The van der Waals surface area contributed by atoms with E-state index < -0.39 is 35.5 Å². The van der Waals surface area contributed by atoms with Gasteiger partial charge in [0.25, 0.3) is 0 Å². The zero-order valence-electron chi connectivity index (χ0n) is 11.7. The van der Waals surface area contributed by atoms with Crippen LogP contribution in [0.3, 0.4) is 0 Å². The summed E-state index contributed by atoms with van der Waals surface area (Å²) < 4.78 is 10.7. The largest absolute Gasteiger partial charge is 0.480 e. The number of nitrogens with zero attached hydrogens (tertiary/aromatic N) is 1. The zero-order chi connectivity index (χ0) is 14.3. The van der Waals surface area contributed by atoms with E-state index in [0.29, 0.717) is 0 Å². The van der Waals surface area contributed by atoms with E-state index in [1.807, 2.05) is 0 Å². The number of ether oxygens (including phenoxy) is 2. The molecule has 6 nitrogen and oxygen atoms in total. The van der Waals surface area contributed by atoms with E-state index in [0.717, 1.165) is 4.90 Å². The van der Waals surface area contributed by atoms with Gasteiger partial charge in [-0.25, -0.2) is 9.59 Å². The van der Waals surface area contributed by atoms with Crippen molar-refractivity contribution >= 4 is 12.1 Å². The highest BCUT2D eigenvalue weighted by molar-refractivity contribution is 5.82. The van der Waals surface area contributed by atoms with Gasteiger partial charge in [-0.15, -0.1) is 0 Å². The van der Waals surface area contributed by atoms with Gasteiger partial charge in [-0.05, 0) is 41.5 Å². The van der Waals surface area contributed by atoms with Gasteiger partial charge in [0.1, 0.15) is 11.3 Å². The van der Waals surface area contributed by atoms with E-state index in [-0.39, 0.29) is 0 Å². The third-order valence-electron chi connectivity index (χ3n) is 2.62. The molecule has 18 heavy (non-hydrogen) atoms. The quantitative estimate of drug-likeness (QED) is 0.777. The van der Waals surface area contributed by atoms with Crippen molar-refractivity contribution in [2.24, 2.45) is 0 Å². The molecule has 0 aromatic heterocycles. The van der Waals surface area contributed by atoms with Crippen LogP contribution in [0.25, 0.3) is 0 Å². The standard InChI is InChI=1S/C12H21NO5/c1-7-8(9(14)15)13(12(5,6)17-7)10(16)18-11(2,3)4/h7-8H,1-6H3,(H,14,15)/t7-,8?/m1/s1. The molecule has 1 aliphatic rings. The summed E-state index contributed by atoms with van der Waals surface area (Å²) in [7, 11) is 0. The molecule has 0 spiro atoms. The first kappa shape index (κ1) is 14.8. The summed E-state index contributed by atoms with van der Waals surface area (Å²) >= 11 is 0. The Bertz CT molecular complexity index is 358. The number of amides is 1. The second kappa shape index (κ2) is 4.42. The first-order valence-corrected chi connectivity index (χ1v) is 5.88. The first-order valence-electron chi connectivity index (χ1n) is 5.88. The molecular formula is C12H21NO5. The van der Waals surface area contributed by atoms with Crippen LogP contribution >= 0.6 is 0 Å². The van der Waals surface area contributed by atoms with Crippen molar-refractivity contribution in [3.05, 3.63) is 0 Å². The van der Waals surface area contributed by atoms with Crippen LogP contribution in [0.4, 0.5) is 4.79 Å². The van der Waals surface area contributed by atoms with E-state index >= 15 is 0 Å². The Balaban J connectivity index is 3.01. The van der Waals surface area contributed by atoms with Crippen LogP contribution in [0.5, 0.6) is 0 Å². The van der Waals surface area contributed by atoms with E-state index in [2.05, 4.69) is 0 Å².